The van der Waals surface area contributed by atoms with Crippen LogP contribution in [0.4, 0.5) is 8.78 Å². The van der Waals surface area contributed by atoms with Gasteiger partial charge in [0, 0.05) is 0 Å². The molecule has 22 heavy (non-hydrogen) atoms. The zero-order valence-corrected chi connectivity index (χ0v) is 13.8. The van der Waals surface area contributed by atoms with Crippen molar-refractivity contribution in [2.75, 3.05) is 0 Å². The predicted molar refractivity (Wildman–Crippen MR) is 84.9 cm³/mol. The van der Waals surface area contributed by atoms with Gasteiger partial charge in [-0.15, -0.1) is 0 Å². The number of halogens is 4. The summed E-state index contributed by atoms with van der Waals surface area (Å²) in [6.07, 6.45) is 0. The van der Waals surface area contributed by atoms with E-state index >= 15 is 0 Å². The van der Waals surface area contributed by atoms with Gasteiger partial charge in [0.2, 0.25) is 0 Å². The van der Waals surface area contributed by atoms with Crippen molar-refractivity contribution in [3.63, 3.8) is 0 Å². The minimum absolute atomic E-state index is 0.0331. The molecule has 0 amide bonds. The van der Waals surface area contributed by atoms with Crippen LogP contribution in [0.15, 0.2) is 46.2 Å². The van der Waals surface area contributed by atoms with Crippen molar-refractivity contribution in [1.82, 2.24) is 0 Å². The van der Waals surface area contributed by atoms with Gasteiger partial charge in [-0.25, -0.2) is 8.78 Å². The monoisotopic (exact) mass is 378 g/mol. The molecule has 0 aliphatic heterocycles. The van der Waals surface area contributed by atoms with Gasteiger partial charge in [0.05, 0.1) is 20.9 Å². The molecule has 8 heteroatoms. The first-order valence-electron chi connectivity index (χ1n) is 5.73. The van der Waals surface area contributed by atoms with E-state index < -0.39 is 22.1 Å². The zero-order valence-electron chi connectivity index (χ0n) is 10.6. The average Bonchev–Trinajstić information content (AvgIpc) is 2.46. The molecule has 2 rings (SSSR count). The van der Waals surface area contributed by atoms with Gasteiger partial charge in [-0.2, -0.15) is 0 Å². The Balaban J connectivity index is 2.36. The molecular weight excluding hydrogens is 373 g/mol. The van der Waals surface area contributed by atoms with E-state index in [-0.39, 0.29) is 20.9 Å². The van der Waals surface area contributed by atoms with Crippen molar-refractivity contribution in [1.29, 1.82) is 0 Å². The highest BCUT2D eigenvalue weighted by molar-refractivity contribution is 8.76. The predicted octanol–water partition coefficient (Wildman–Crippen LogP) is 5.52. The van der Waals surface area contributed by atoms with E-state index in [1.165, 1.54) is 24.3 Å². The van der Waals surface area contributed by atoms with Crippen molar-refractivity contribution in [2.45, 2.75) is 9.79 Å². The third-order valence-electron chi connectivity index (χ3n) is 2.57. The molecule has 0 unspecified atom stereocenters. The largest absolute Gasteiger partial charge is 0.276 e. The Kier molecular flexibility index (Phi) is 5.86. The van der Waals surface area contributed by atoms with E-state index in [9.17, 15) is 18.4 Å². The summed E-state index contributed by atoms with van der Waals surface area (Å²) in [5, 5.41) is -1.66. The van der Waals surface area contributed by atoms with Crippen LogP contribution in [0.2, 0.25) is 0 Å². The van der Waals surface area contributed by atoms with Crippen molar-refractivity contribution in [3.05, 3.63) is 59.2 Å². The van der Waals surface area contributed by atoms with E-state index in [1.54, 1.807) is 0 Å². The van der Waals surface area contributed by atoms with E-state index in [1.807, 2.05) is 0 Å². The summed E-state index contributed by atoms with van der Waals surface area (Å²) in [4.78, 5) is 22.5. The molecule has 0 N–H and O–H groups in total. The molecule has 114 valence electrons. The summed E-state index contributed by atoms with van der Waals surface area (Å²) in [6, 6.07) is 7.71. The van der Waals surface area contributed by atoms with E-state index in [0.29, 0.717) is 0 Å². The van der Waals surface area contributed by atoms with Crippen LogP contribution >= 0.6 is 44.8 Å². The van der Waals surface area contributed by atoms with Gasteiger partial charge in [-0.05, 0) is 69.1 Å². The summed E-state index contributed by atoms with van der Waals surface area (Å²) >= 11 is 10.8. The second kappa shape index (κ2) is 7.46. The Hall–Kier alpha value is -1.08. The lowest BCUT2D eigenvalue weighted by atomic mass is 10.2. The van der Waals surface area contributed by atoms with Crippen molar-refractivity contribution >= 4 is 55.3 Å². The SMILES string of the molecule is O=C(Cl)c1cccc(F)c1SSc1c(F)cccc1C(=O)Cl. The van der Waals surface area contributed by atoms with Crippen LogP contribution in [0, 0.1) is 11.6 Å². The Morgan fingerprint density at radius 3 is 1.45 bits per heavy atom. The van der Waals surface area contributed by atoms with Crippen LogP contribution in [0.5, 0.6) is 0 Å². The number of carbonyl (C=O) groups is 2. The fourth-order valence-corrected chi connectivity index (χ4v) is 4.49. The molecule has 2 aromatic carbocycles. The highest BCUT2D eigenvalue weighted by atomic mass is 35.5. The molecule has 0 radical (unpaired) electrons. The first kappa shape index (κ1) is 17.3. The molecule has 0 bridgehead atoms. The summed E-state index contributed by atoms with van der Waals surface area (Å²) < 4.78 is 27.7. The molecule has 0 heterocycles. The molecule has 0 spiro atoms. The Morgan fingerprint density at radius 2 is 1.14 bits per heavy atom. The molecule has 2 aromatic rings. The lowest BCUT2D eigenvalue weighted by Gasteiger charge is -2.09. The minimum atomic E-state index is -0.829. The molecule has 0 saturated heterocycles. The number of hydrogen-bond acceptors (Lipinski definition) is 4. The topological polar surface area (TPSA) is 34.1 Å². The number of benzene rings is 2. The summed E-state index contributed by atoms with van der Waals surface area (Å²) in [6.45, 7) is 0. The van der Waals surface area contributed by atoms with Crippen LogP contribution in [-0.2, 0) is 0 Å². The molecule has 0 atom stereocenters. The summed E-state index contributed by atoms with van der Waals surface area (Å²) in [5.74, 6) is -1.34. The summed E-state index contributed by atoms with van der Waals surface area (Å²) in [7, 11) is 1.57. The van der Waals surface area contributed by atoms with Gasteiger partial charge in [0.1, 0.15) is 11.6 Å². The quantitative estimate of drug-likeness (QED) is 0.506. The fraction of sp³-hybridized carbons (Fsp3) is 0. The maximum atomic E-state index is 13.8. The number of carbonyl (C=O) groups excluding carboxylic acids is 2. The van der Waals surface area contributed by atoms with Crippen LogP contribution in [-0.4, -0.2) is 10.5 Å². The second-order valence-electron chi connectivity index (χ2n) is 3.95. The first-order chi connectivity index (χ1) is 10.4. The zero-order chi connectivity index (χ0) is 16.3. The van der Waals surface area contributed by atoms with E-state index in [4.69, 9.17) is 23.2 Å². The molecule has 2 nitrogen and oxygen atoms in total. The molecular formula is C14H6Cl2F2O2S2. The van der Waals surface area contributed by atoms with Gasteiger partial charge < -0.3 is 0 Å². The normalized spacial score (nSPS) is 10.5. The van der Waals surface area contributed by atoms with E-state index in [2.05, 4.69) is 0 Å². The maximum absolute atomic E-state index is 13.8. The second-order valence-corrected chi connectivity index (χ2v) is 6.78. The van der Waals surface area contributed by atoms with Crippen molar-refractivity contribution < 1.29 is 18.4 Å². The third-order valence-corrected chi connectivity index (χ3v) is 5.47. The summed E-state index contributed by atoms with van der Waals surface area (Å²) in [5.41, 5.74) is -0.0662. The van der Waals surface area contributed by atoms with Crippen LogP contribution in [0.3, 0.4) is 0 Å². The first-order valence-corrected chi connectivity index (χ1v) is 8.63. The maximum Gasteiger partial charge on any atom is 0.253 e. The molecule has 0 fully saturated rings. The molecule has 0 saturated carbocycles. The standard InChI is InChI=1S/C14H6Cl2F2O2S2/c15-13(19)7-3-1-5-9(17)11(7)21-22-12-8(14(16)20)4-2-6-10(12)18/h1-6H. The van der Waals surface area contributed by atoms with Gasteiger partial charge in [0.15, 0.2) is 0 Å². The molecule has 0 aromatic heterocycles. The smallest absolute Gasteiger partial charge is 0.253 e. The van der Waals surface area contributed by atoms with Crippen molar-refractivity contribution in [3.8, 4) is 0 Å². The van der Waals surface area contributed by atoms with Crippen LogP contribution in [0.1, 0.15) is 20.7 Å². The van der Waals surface area contributed by atoms with Gasteiger partial charge >= 0.3 is 0 Å². The highest BCUT2D eigenvalue weighted by Crippen LogP contribution is 2.43. The molecule has 0 aliphatic carbocycles. The third kappa shape index (κ3) is 3.81. The fourth-order valence-electron chi connectivity index (χ4n) is 1.58. The highest BCUT2D eigenvalue weighted by Gasteiger charge is 2.19. The van der Waals surface area contributed by atoms with Gasteiger partial charge in [0.25, 0.3) is 10.5 Å². The lowest BCUT2D eigenvalue weighted by molar-refractivity contribution is 0.107. The van der Waals surface area contributed by atoms with Gasteiger partial charge in [-0.1, -0.05) is 12.1 Å². The van der Waals surface area contributed by atoms with Crippen LogP contribution < -0.4 is 0 Å². The molecule has 0 aliphatic rings. The van der Waals surface area contributed by atoms with Gasteiger partial charge in [-0.3, -0.25) is 9.59 Å². The average molecular weight is 379 g/mol. The number of rotatable bonds is 5. The van der Waals surface area contributed by atoms with Crippen molar-refractivity contribution in [2.24, 2.45) is 0 Å². The van der Waals surface area contributed by atoms with E-state index in [0.717, 1.165) is 33.7 Å². The van der Waals surface area contributed by atoms with Crippen LogP contribution in [0.25, 0.3) is 0 Å². The minimum Gasteiger partial charge on any atom is -0.276 e. The Morgan fingerprint density at radius 1 is 0.773 bits per heavy atom. The Labute approximate surface area is 142 Å². The lowest BCUT2D eigenvalue weighted by Crippen LogP contribution is -1.96. The Bertz CT molecular complexity index is 690. The number of hydrogen-bond donors (Lipinski definition) is 0.